The van der Waals surface area contributed by atoms with Gasteiger partial charge in [-0.1, -0.05) is 11.6 Å². The molecule has 154 valence electrons. The summed E-state index contributed by atoms with van der Waals surface area (Å²) in [5.41, 5.74) is 8.67. The van der Waals surface area contributed by atoms with Gasteiger partial charge >= 0.3 is 6.03 Å². The van der Waals surface area contributed by atoms with E-state index in [4.69, 9.17) is 27.3 Å². The molecule has 0 atom stereocenters. The molecule has 30 heavy (non-hydrogen) atoms. The lowest BCUT2D eigenvalue weighted by Gasteiger charge is -2.61. The molecule has 8 nitrogen and oxygen atoms in total. The van der Waals surface area contributed by atoms with Crippen molar-refractivity contribution in [3.05, 3.63) is 32.9 Å². The van der Waals surface area contributed by atoms with Gasteiger partial charge < -0.3 is 20.7 Å². The minimum atomic E-state index is -0.0970. The van der Waals surface area contributed by atoms with Gasteiger partial charge in [0.05, 0.1) is 34.0 Å². The van der Waals surface area contributed by atoms with Crippen LogP contribution in [0, 0.1) is 17.2 Å². The predicted molar refractivity (Wildman–Crippen MR) is 114 cm³/mol. The van der Waals surface area contributed by atoms with E-state index in [1.165, 1.54) is 0 Å². The van der Waals surface area contributed by atoms with Crippen LogP contribution in [0.25, 0.3) is 11.3 Å². The quantitative estimate of drug-likeness (QED) is 0.677. The van der Waals surface area contributed by atoms with Crippen LogP contribution in [0.1, 0.15) is 30.5 Å². The van der Waals surface area contributed by atoms with Gasteiger partial charge in [-0.2, -0.15) is 5.26 Å². The molecular formula is C20H18BrClN6O2. The molecule has 1 aromatic heterocycles. The van der Waals surface area contributed by atoms with Crippen LogP contribution < -0.4 is 15.8 Å². The summed E-state index contributed by atoms with van der Waals surface area (Å²) in [6.07, 6.45) is 3.24. The molecule has 0 spiro atoms. The van der Waals surface area contributed by atoms with Gasteiger partial charge in [0.15, 0.2) is 6.61 Å². The number of nitrogens with zero attached hydrogens (tertiary/aromatic N) is 4. The van der Waals surface area contributed by atoms with Crippen molar-refractivity contribution in [2.24, 2.45) is 5.92 Å². The van der Waals surface area contributed by atoms with E-state index in [0.717, 1.165) is 30.7 Å². The van der Waals surface area contributed by atoms with Crippen LogP contribution in [0.3, 0.4) is 0 Å². The SMILES string of the molecule is N#CCOc1cc(-c2nc(N)nc3c2CN(C(=O)NC24CC(C2)C4)C3)c(Cl)cc1Br. The Hall–Kier alpha value is -2.57. The number of nitrogen functional groups attached to an aromatic ring is 1. The van der Waals surface area contributed by atoms with Crippen LogP contribution in [0.4, 0.5) is 10.7 Å². The summed E-state index contributed by atoms with van der Waals surface area (Å²) in [5.74, 6) is 1.37. The molecule has 1 aliphatic heterocycles. The van der Waals surface area contributed by atoms with Crippen molar-refractivity contribution >= 4 is 39.5 Å². The first kappa shape index (κ1) is 19.4. The number of carbonyl (C=O) groups is 1. The summed E-state index contributed by atoms with van der Waals surface area (Å²) >= 11 is 9.89. The predicted octanol–water partition coefficient (Wildman–Crippen LogP) is 3.62. The van der Waals surface area contributed by atoms with Crippen molar-refractivity contribution in [1.29, 1.82) is 5.26 Å². The molecule has 3 saturated carbocycles. The molecule has 3 aliphatic carbocycles. The number of hydrogen-bond donors (Lipinski definition) is 2. The molecule has 3 N–H and O–H groups in total. The van der Waals surface area contributed by atoms with E-state index < -0.39 is 0 Å². The molecule has 4 aliphatic rings. The summed E-state index contributed by atoms with van der Waals surface area (Å²) in [6, 6.07) is 5.27. The Labute approximate surface area is 186 Å². The van der Waals surface area contributed by atoms with Crippen molar-refractivity contribution in [2.45, 2.75) is 37.9 Å². The van der Waals surface area contributed by atoms with Gasteiger partial charge in [0.2, 0.25) is 5.95 Å². The number of ether oxygens (including phenoxy) is 1. The third-order valence-corrected chi connectivity index (χ3v) is 7.00. The number of anilines is 1. The van der Waals surface area contributed by atoms with Gasteiger partial charge in [0.1, 0.15) is 11.8 Å². The molecule has 6 rings (SSSR count). The maximum atomic E-state index is 12.8. The lowest BCUT2D eigenvalue weighted by atomic mass is 9.50. The van der Waals surface area contributed by atoms with Crippen LogP contribution in [0.15, 0.2) is 16.6 Å². The van der Waals surface area contributed by atoms with Crippen LogP contribution in [0.2, 0.25) is 5.02 Å². The summed E-state index contributed by atoms with van der Waals surface area (Å²) < 4.78 is 6.10. The fraction of sp³-hybridized carbons (Fsp3) is 0.400. The molecule has 0 radical (unpaired) electrons. The van der Waals surface area contributed by atoms with Crippen molar-refractivity contribution in [3.8, 4) is 23.1 Å². The number of nitrogens with two attached hydrogens (primary N) is 1. The number of fused-ring (bicyclic) bond motifs is 1. The van der Waals surface area contributed by atoms with E-state index in [0.29, 0.717) is 45.3 Å². The summed E-state index contributed by atoms with van der Waals surface area (Å²) in [5, 5.41) is 12.4. The summed E-state index contributed by atoms with van der Waals surface area (Å²) in [4.78, 5) is 23.3. The molecule has 2 bridgehead atoms. The topological polar surface area (TPSA) is 117 Å². The highest BCUT2D eigenvalue weighted by molar-refractivity contribution is 9.10. The molecule has 2 aromatic rings. The third-order valence-electron chi connectivity index (χ3n) is 6.07. The molecule has 3 fully saturated rings. The minimum absolute atomic E-state index is 0.00601. The van der Waals surface area contributed by atoms with Crippen LogP contribution >= 0.6 is 27.5 Å². The molecule has 2 heterocycles. The number of nitrogens with one attached hydrogen (secondary N) is 1. The summed E-state index contributed by atoms with van der Waals surface area (Å²) in [6.45, 7) is 0.643. The number of hydrogen-bond acceptors (Lipinski definition) is 6. The first-order chi connectivity index (χ1) is 14.4. The van der Waals surface area contributed by atoms with E-state index in [2.05, 4.69) is 31.2 Å². The minimum Gasteiger partial charge on any atom is -0.478 e. The van der Waals surface area contributed by atoms with Gasteiger partial charge in [-0.3, -0.25) is 0 Å². The Balaban J connectivity index is 1.46. The third kappa shape index (κ3) is 3.15. The van der Waals surface area contributed by atoms with E-state index in [1.54, 1.807) is 17.0 Å². The maximum absolute atomic E-state index is 12.8. The van der Waals surface area contributed by atoms with Gasteiger partial charge in [-0.25, -0.2) is 14.8 Å². The Morgan fingerprint density at radius 3 is 2.83 bits per heavy atom. The Morgan fingerprint density at radius 2 is 2.17 bits per heavy atom. The zero-order valence-electron chi connectivity index (χ0n) is 15.9. The number of urea groups is 1. The lowest BCUT2D eigenvalue weighted by Crippen LogP contribution is -2.69. The highest BCUT2D eigenvalue weighted by Crippen LogP contribution is 2.57. The first-order valence-electron chi connectivity index (χ1n) is 9.59. The molecule has 10 heteroatoms. The highest BCUT2D eigenvalue weighted by Gasteiger charge is 2.57. The van der Waals surface area contributed by atoms with Gasteiger partial charge in [0.25, 0.3) is 0 Å². The fourth-order valence-electron chi connectivity index (χ4n) is 4.51. The zero-order valence-corrected chi connectivity index (χ0v) is 18.3. The second-order valence-corrected chi connectivity index (χ2v) is 9.37. The number of amides is 2. The van der Waals surface area contributed by atoms with E-state index in [1.807, 2.05) is 6.07 Å². The van der Waals surface area contributed by atoms with E-state index in [9.17, 15) is 4.79 Å². The number of benzene rings is 1. The van der Waals surface area contributed by atoms with Crippen molar-refractivity contribution < 1.29 is 9.53 Å². The average molecular weight is 490 g/mol. The second kappa shape index (κ2) is 7.00. The number of nitriles is 1. The Morgan fingerprint density at radius 1 is 1.40 bits per heavy atom. The molecule has 0 unspecified atom stereocenters. The Bertz CT molecular complexity index is 1100. The number of aromatic nitrogens is 2. The standard InChI is InChI=1S/C20H18BrClN6O2/c21-13-4-14(22)11(3-16(13)30-2-1-23)17-12-8-28(9-15(12)25-18(24)26-17)19(29)27-20-5-10(6-20)7-20/h3-4,10H,2,5-9H2,(H,27,29)(H2,24,25,26). The van der Waals surface area contributed by atoms with Gasteiger partial charge in [-0.05, 0) is 53.2 Å². The van der Waals surface area contributed by atoms with Crippen LogP contribution in [-0.4, -0.2) is 33.0 Å². The number of rotatable bonds is 4. The smallest absolute Gasteiger partial charge is 0.318 e. The largest absolute Gasteiger partial charge is 0.478 e. The van der Waals surface area contributed by atoms with Crippen LogP contribution in [0.5, 0.6) is 5.75 Å². The maximum Gasteiger partial charge on any atom is 0.318 e. The van der Waals surface area contributed by atoms with Crippen LogP contribution in [-0.2, 0) is 13.1 Å². The Kier molecular flexibility index (Phi) is 4.52. The lowest BCUT2D eigenvalue weighted by molar-refractivity contribution is -0.0434. The first-order valence-corrected chi connectivity index (χ1v) is 10.8. The van der Waals surface area contributed by atoms with Crippen molar-refractivity contribution in [3.63, 3.8) is 0 Å². The molecule has 2 amide bonds. The summed E-state index contributed by atoms with van der Waals surface area (Å²) in [7, 11) is 0. The van der Waals surface area contributed by atoms with Crippen molar-refractivity contribution in [2.75, 3.05) is 12.3 Å². The number of halogens is 2. The van der Waals surface area contributed by atoms with Gasteiger partial charge in [-0.15, -0.1) is 0 Å². The second-order valence-electron chi connectivity index (χ2n) is 8.11. The monoisotopic (exact) mass is 488 g/mol. The van der Waals surface area contributed by atoms with E-state index in [-0.39, 0.29) is 24.1 Å². The zero-order chi connectivity index (χ0) is 21.0. The molecule has 0 saturated heterocycles. The van der Waals surface area contributed by atoms with Gasteiger partial charge in [0, 0.05) is 16.7 Å². The average Bonchev–Trinajstić information content (AvgIpc) is 3.06. The fourth-order valence-corrected chi connectivity index (χ4v) is 5.35. The highest BCUT2D eigenvalue weighted by atomic mass is 79.9. The van der Waals surface area contributed by atoms with Crippen molar-refractivity contribution in [1.82, 2.24) is 20.2 Å². The number of carbonyl (C=O) groups excluding carboxylic acids is 1. The molecule has 1 aromatic carbocycles. The van der Waals surface area contributed by atoms with E-state index >= 15 is 0 Å². The normalized spacial score (nSPS) is 23.1. The molecular weight excluding hydrogens is 472 g/mol.